The second-order valence-corrected chi connectivity index (χ2v) is 5.87. The van der Waals surface area contributed by atoms with Gasteiger partial charge in [0.25, 0.3) is 0 Å². The molecule has 1 heterocycles. The molecule has 28 heavy (non-hydrogen) atoms. The number of hydrogen-bond acceptors (Lipinski definition) is 9. The molecule has 0 atom stereocenters. The first-order valence-electron chi connectivity index (χ1n) is 8.05. The van der Waals surface area contributed by atoms with Gasteiger partial charge in [-0.3, -0.25) is 0 Å². The lowest BCUT2D eigenvalue weighted by Crippen LogP contribution is -2.04. The molecule has 0 bridgehead atoms. The van der Waals surface area contributed by atoms with Gasteiger partial charge in [-0.1, -0.05) is 11.6 Å². The number of anilines is 4. The topological polar surface area (TPSA) is 111 Å². The van der Waals surface area contributed by atoms with Gasteiger partial charge in [0.1, 0.15) is 12.1 Å². The van der Waals surface area contributed by atoms with Crippen LogP contribution in [0.25, 0.3) is 0 Å². The molecule has 0 aliphatic rings. The molecule has 0 spiro atoms. The Morgan fingerprint density at radius 2 is 1.54 bits per heavy atom. The molecule has 146 valence electrons. The molecular formula is C18H18ClN5O4. The fourth-order valence-corrected chi connectivity index (χ4v) is 2.65. The van der Waals surface area contributed by atoms with E-state index in [1.807, 2.05) is 0 Å². The van der Waals surface area contributed by atoms with Gasteiger partial charge < -0.3 is 30.0 Å². The zero-order chi connectivity index (χ0) is 20.1. The summed E-state index contributed by atoms with van der Waals surface area (Å²) in [5.41, 5.74) is 1.18. The SMILES string of the molecule is COc1cc(Nc2ncnc(Nc3ccc(O)cc3Cl)n2)cc(OC)c1OC. The Morgan fingerprint density at radius 3 is 2.11 bits per heavy atom. The number of ether oxygens (including phenoxy) is 3. The van der Waals surface area contributed by atoms with Crippen LogP contribution in [0.5, 0.6) is 23.0 Å². The first-order chi connectivity index (χ1) is 13.5. The van der Waals surface area contributed by atoms with E-state index >= 15 is 0 Å². The van der Waals surface area contributed by atoms with Gasteiger partial charge in [-0.15, -0.1) is 0 Å². The summed E-state index contributed by atoms with van der Waals surface area (Å²) < 4.78 is 16.0. The van der Waals surface area contributed by atoms with Crippen molar-refractivity contribution in [2.45, 2.75) is 0 Å². The first-order valence-corrected chi connectivity index (χ1v) is 8.43. The van der Waals surface area contributed by atoms with Crippen LogP contribution in [0.3, 0.4) is 0 Å². The minimum Gasteiger partial charge on any atom is -0.508 e. The molecule has 9 nitrogen and oxygen atoms in total. The highest BCUT2D eigenvalue weighted by molar-refractivity contribution is 6.33. The summed E-state index contributed by atoms with van der Waals surface area (Å²) in [4.78, 5) is 12.5. The summed E-state index contributed by atoms with van der Waals surface area (Å²) in [5.74, 6) is 2.10. The molecule has 3 rings (SSSR count). The summed E-state index contributed by atoms with van der Waals surface area (Å²) in [5, 5.41) is 15.8. The summed E-state index contributed by atoms with van der Waals surface area (Å²) in [6.45, 7) is 0. The zero-order valence-corrected chi connectivity index (χ0v) is 16.1. The molecule has 0 fully saturated rings. The number of aromatic nitrogens is 3. The Morgan fingerprint density at radius 1 is 0.893 bits per heavy atom. The lowest BCUT2D eigenvalue weighted by molar-refractivity contribution is 0.324. The molecule has 0 radical (unpaired) electrons. The third-order valence-electron chi connectivity index (χ3n) is 3.69. The van der Waals surface area contributed by atoms with Gasteiger partial charge in [0, 0.05) is 23.9 Å². The Labute approximate surface area is 166 Å². The maximum absolute atomic E-state index is 9.44. The first kappa shape index (κ1) is 19.3. The van der Waals surface area contributed by atoms with Gasteiger partial charge in [-0.25, -0.2) is 9.97 Å². The third-order valence-corrected chi connectivity index (χ3v) is 4.00. The summed E-state index contributed by atoms with van der Waals surface area (Å²) in [7, 11) is 4.60. The number of phenolic OH excluding ortho intramolecular Hbond substituents is 1. The van der Waals surface area contributed by atoms with Crippen LogP contribution < -0.4 is 24.8 Å². The molecule has 0 aliphatic heterocycles. The number of nitrogens with zero attached hydrogens (tertiary/aromatic N) is 3. The van der Waals surface area contributed by atoms with E-state index in [1.165, 1.54) is 39.8 Å². The number of phenols is 1. The van der Waals surface area contributed by atoms with Crippen LogP contribution >= 0.6 is 11.6 Å². The number of methoxy groups -OCH3 is 3. The van der Waals surface area contributed by atoms with Crippen LogP contribution in [0.1, 0.15) is 0 Å². The molecule has 0 saturated heterocycles. The molecule has 10 heteroatoms. The Hall–Kier alpha value is -3.46. The minimum absolute atomic E-state index is 0.0657. The average molecular weight is 404 g/mol. The lowest BCUT2D eigenvalue weighted by Gasteiger charge is -2.14. The second-order valence-electron chi connectivity index (χ2n) is 5.46. The molecular weight excluding hydrogens is 386 g/mol. The van der Waals surface area contributed by atoms with E-state index in [1.54, 1.807) is 18.2 Å². The van der Waals surface area contributed by atoms with Crippen molar-refractivity contribution in [1.82, 2.24) is 15.0 Å². The molecule has 2 aromatic carbocycles. The van der Waals surface area contributed by atoms with Crippen LogP contribution in [0.15, 0.2) is 36.7 Å². The highest BCUT2D eigenvalue weighted by Gasteiger charge is 2.14. The van der Waals surface area contributed by atoms with Crippen molar-refractivity contribution in [3.05, 3.63) is 41.7 Å². The monoisotopic (exact) mass is 403 g/mol. The smallest absolute Gasteiger partial charge is 0.232 e. The minimum atomic E-state index is 0.0657. The largest absolute Gasteiger partial charge is 0.508 e. The van der Waals surface area contributed by atoms with E-state index in [0.29, 0.717) is 39.6 Å². The quantitative estimate of drug-likeness (QED) is 0.508. The summed E-state index contributed by atoms with van der Waals surface area (Å²) in [6.07, 6.45) is 1.35. The molecule has 0 aliphatic carbocycles. The predicted molar refractivity (Wildman–Crippen MR) is 106 cm³/mol. The molecule has 0 unspecified atom stereocenters. The average Bonchev–Trinajstić information content (AvgIpc) is 2.69. The van der Waals surface area contributed by atoms with E-state index in [2.05, 4.69) is 25.6 Å². The van der Waals surface area contributed by atoms with E-state index < -0.39 is 0 Å². The van der Waals surface area contributed by atoms with Crippen molar-refractivity contribution in [1.29, 1.82) is 0 Å². The Bertz CT molecular complexity index is 961. The molecule has 3 aromatic rings. The number of halogens is 1. The van der Waals surface area contributed by atoms with Crippen molar-refractivity contribution in [3.63, 3.8) is 0 Å². The standard InChI is InChI=1S/C18H18ClN5O4/c1-26-14-6-10(7-15(27-2)16(14)28-3)22-17-20-9-21-18(24-17)23-13-5-4-11(25)8-12(13)19/h4-9,25H,1-3H3,(H2,20,21,22,23,24). The van der Waals surface area contributed by atoms with Gasteiger partial charge >= 0.3 is 0 Å². The zero-order valence-electron chi connectivity index (χ0n) is 15.4. The van der Waals surface area contributed by atoms with Crippen LogP contribution in [0.4, 0.5) is 23.3 Å². The van der Waals surface area contributed by atoms with Gasteiger partial charge in [-0.05, 0) is 12.1 Å². The highest BCUT2D eigenvalue weighted by atomic mass is 35.5. The van der Waals surface area contributed by atoms with Crippen LogP contribution in [0.2, 0.25) is 5.02 Å². The van der Waals surface area contributed by atoms with E-state index in [0.717, 1.165) is 0 Å². The highest BCUT2D eigenvalue weighted by Crippen LogP contribution is 2.40. The lowest BCUT2D eigenvalue weighted by atomic mass is 10.2. The van der Waals surface area contributed by atoms with Gasteiger partial charge in [0.15, 0.2) is 11.5 Å². The van der Waals surface area contributed by atoms with Gasteiger partial charge in [0.05, 0.1) is 32.0 Å². The van der Waals surface area contributed by atoms with E-state index in [-0.39, 0.29) is 11.7 Å². The van der Waals surface area contributed by atoms with Crippen molar-refractivity contribution >= 4 is 34.9 Å². The van der Waals surface area contributed by atoms with Crippen molar-refractivity contribution in [3.8, 4) is 23.0 Å². The van der Waals surface area contributed by atoms with Gasteiger partial charge in [0.2, 0.25) is 17.6 Å². The molecule has 1 aromatic heterocycles. The molecule has 0 saturated carbocycles. The van der Waals surface area contributed by atoms with Crippen molar-refractivity contribution in [2.24, 2.45) is 0 Å². The third kappa shape index (κ3) is 4.26. The van der Waals surface area contributed by atoms with Gasteiger partial charge in [-0.2, -0.15) is 4.98 Å². The molecule has 3 N–H and O–H groups in total. The number of benzene rings is 2. The number of nitrogens with one attached hydrogen (secondary N) is 2. The fourth-order valence-electron chi connectivity index (χ4n) is 2.42. The van der Waals surface area contributed by atoms with Crippen molar-refractivity contribution < 1.29 is 19.3 Å². The number of rotatable bonds is 7. The summed E-state index contributed by atoms with van der Waals surface area (Å²) >= 11 is 6.10. The van der Waals surface area contributed by atoms with E-state index in [4.69, 9.17) is 25.8 Å². The number of aromatic hydroxyl groups is 1. The fraction of sp³-hybridized carbons (Fsp3) is 0.167. The summed E-state index contributed by atoms with van der Waals surface area (Å²) in [6, 6.07) is 8.00. The van der Waals surface area contributed by atoms with E-state index in [9.17, 15) is 5.11 Å². The predicted octanol–water partition coefficient (Wildman–Crippen LogP) is 3.74. The normalized spacial score (nSPS) is 10.3. The number of hydrogen-bond donors (Lipinski definition) is 3. The Kier molecular flexibility index (Phi) is 5.85. The molecule has 0 amide bonds. The van der Waals surface area contributed by atoms with Crippen molar-refractivity contribution in [2.75, 3.05) is 32.0 Å². The van der Waals surface area contributed by atoms with Crippen LogP contribution in [-0.2, 0) is 0 Å². The van der Waals surface area contributed by atoms with Crippen LogP contribution in [0, 0.1) is 0 Å². The van der Waals surface area contributed by atoms with Crippen LogP contribution in [-0.4, -0.2) is 41.4 Å². The Balaban J connectivity index is 1.85. The second kappa shape index (κ2) is 8.49. The maximum Gasteiger partial charge on any atom is 0.232 e. The maximum atomic E-state index is 9.44.